The number of ether oxygens (including phenoxy) is 2. The molecule has 1 heterocycles. The first-order valence-corrected chi connectivity index (χ1v) is 11.2. The molecule has 0 saturated carbocycles. The number of hydrogen-bond acceptors (Lipinski definition) is 4. The lowest BCUT2D eigenvalue weighted by molar-refractivity contribution is 0.240. The molecule has 0 aliphatic carbocycles. The third kappa shape index (κ3) is 4.46. The molecular formula is C27H29ClN2O2. The van der Waals surface area contributed by atoms with Crippen molar-refractivity contribution in [2.75, 3.05) is 14.2 Å². The second kappa shape index (κ2) is 9.25. The van der Waals surface area contributed by atoms with Crippen molar-refractivity contribution in [2.45, 2.75) is 39.0 Å². The molecule has 0 bridgehead atoms. The van der Waals surface area contributed by atoms with E-state index in [4.69, 9.17) is 26.1 Å². The van der Waals surface area contributed by atoms with Gasteiger partial charge >= 0.3 is 0 Å². The predicted octanol–water partition coefficient (Wildman–Crippen LogP) is 6.62. The molecule has 2 atom stereocenters. The Labute approximate surface area is 195 Å². The molecule has 0 saturated heterocycles. The van der Waals surface area contributed by atoms with Gasteiger partial charge in [0.1, 0.15) is 23.4 Å². The Morgan fingerprint density at radius 1 is 0.938 bits per heavy atom. The van der Waals surface area contributed by atoms with Gasteiger partial charge in [0.05, 0.1) is 24.8 Å². The Balaban J connectivity index is 1.83. The molecule has 5 heteroatoms. The van der Waals surface area contributed by atoms with Gasteiger partial charge in [-0.2, -0.15) is 0 Å². The van der Waals surface area contributed by atoms with E-state index in [1.54, 1.807) is 7.11 Å². The van der Waals surface area contributed by atoms with E-state index in [1.807, 2.05) is 44.2 Å². The second-order valence-electron chi connectivity index (χ2n) is 8.44. The van der Waals surface area contributed by atoms with Gasteiger partial charge in [-0.25, -0.2) is 0 Å². The van der Waals surface area contributed by atoms with E-state index in [0.29, 0.717) is 0 Å². The molecule has 3 aromatic rings. The molecule has 4 rings (SSSR count). The summed E-state index contributed by atoms with van der Waals surface area (Å²) in [6.45, 7) is 6.15. The first-order chi connectivity index (χ1) is 15.4. The van der Waals surface area contributed by atoms with Crippen molar-refractivity contribution in [3.63, 3.8) is 0 Å². The van der Waals surface area contributed by atoms with Gasteiger partial charge in [0, 0.05) is 18.1 Å². The van der Waals surface area contributed by atoms with Crippen molar-refractivity contribution in [3.8, 4) is 11.5 Å². The van der Waals surface area contributed by atoms with E-state index in [9.17, 15) is 0 Å². The highest BCUT2D eigenvalue weighted by Crippen LogP contribution is 2.44. The maximum atomic E-state index is 6.18. The minimum Gasteiger partial charge on any atom is -0.497 e. The van der Waals surface area contributed by atoms with E-state index in [1.165, 1.54) is 16.7 Å². The summed E-state index contributed by atoms with van der Waals surface area (Å²) in [7, 11) is 3.76. The molecule has 1 aliphatic rings. The van der Waals surface area contributed by atoms with Crippen LogP contribution in [0.25, 0.3) is 0 Å². The summed E-state index contributed by atoms with van der Waals surface area (Å²) in [6, 6.07) is 22.6. The molecule has 32 heavy (non-hydrogen) atoms. The van der Waals surface area contributed by atoms with Gasteiger partial charge in [0.2, 0.25) is 0 Å². The number of hydrogen-bond donors (Lipinski definition) is 0. The van der Waals surface area contributed by atoms with Crippen LogP contribution in [0.1, 0.15) is 48.2 Å². The summed E-state index contributed by atoms with van der Waals surface area (Å²) in [5, 5.41) is 0.727. The van der Waals surface area contributed by atoms with Crippen LogP contribution in [0.3, 0.4) is 0 Å². The number of amidine groups is 1. The van der Waals surface area contributed by atoms with Crippen LogP contribution >= 0.6 is 11.6 Å². The lowest BCUT2D eigenvalue weighted by atomic mass is 9.93. The van der Waals surface area contributed by atoms with E-state index in [0.717, 1.165) is 27.9 Å². The monoisotopic (exact) mass is 448 g/mol. The lowest BCUT2D eigenvalue weighted by Gasteiger charge is -2.28. The fourth-order valence-electron chi connectivity index (χ4n) is 4.15. The zero-order valence-electron chi connectivity index (χ0n) is 19.2. The van der Waals surface area contributed by atoms with Crippen molar-refractivity contribution in [3.05, 3.63) is 94.0 Å². The van der Waals surface area contributed by atoms with Gasteiger partial charge in [-0.05, 0) is 56.2 Å². The Morgan fingerprint density at radius 3 is 2.22 bits per heavy atom. The van der Waals surface area contributed by atoms with Crippen LogP contribution < -0.4 is 9.47 Å². The molecule has 0 radical (unpaired) electrons. The fourth-order valence-corrected chi connectivity index (χ4v) is 4.27. The Morgan fingerprint density at radius 2 is 1.59 bits per heavy atom. The molecule has 0 N–H and O–H groups in total. The van der Waals surface area contributed by atoms with Gasteiger partial charge in [0.15, 0.2) is 0 Å². The Hall–Kier alpha value is -2.98. The number of likely N-dealkylation sites (N-methyl/N-ethyl adjacent to an activating group) is 1. The van der Waals surface area contributed by atoms with Crippen LogP contribution in [0.4, 0.5) is 0 Å². The van der Waals surface area contributed by atoms with Gasteiger partial charge in [-0.1, -0.05) is 53.6 Å². The molecule has 1 aliphatic heterocycles. The molecule has 2 unspecified atom stereocenters. The number of rotatable bonds is 6. The number of halogens is 1. The van der Waals surface area contributed by atoms with Crippen LogP contribution in [0, 0.1) is 6.92 Å². The van der Waals surface area contributed by atoms with E-state index in [-0.39, 0.29) is 18.2 Å². The van der Waals surface area contributed by atoms with Crippen LogP contribution in [-0.4, -0.2) is 31.0 Å². The van der Waals surface area contributed by atoms with Gasteiger partial charge in [-0.3, -0.25) is 4.99 Å². The SMILES string of the molecule is COc1ccc(C2=NC(c3ccc(C)cc3)C(c3ccc(Cl)cc3)N2C)c(OC(C)C)c1. The Bertz CT molecular complexity index is 1110. The van der Waals surface area contributed by atoms with Gasteiger partial charge < -0.3 is 14.4 Å². The van der Waals surface area contributed by atoms with Crippen molar-refractivity contribution < 1.29 is 9.47 Å². The van der Waals surface area contributed by atoms with Crippen molar-refractivity contribution in [1.29, 1.82) is 0 Å². The molecule has 0 spiro atoms. The fraction of sp³-hybridized carbons (Fsp3) is 0.296. The van der Waals surface area contributed by atoms with Crippen molar-refractivity contribution >= 4 is 17.4 Å². The van der Waals surface area contributed by atoms with Gasteiger partial charge in [0.25, 0.3) is 0 Å². The highest BCUT2D eigenvalue weighted by atomic mass is 35.5. The third-order valence-corrected chi connectivity index (χ3v) is 5.99. The standard InChI is InChI=1S/C27H29ClN2O2/c1-17(2)32-24-16-22(31-5)14-15-23(24)27-29-25(19-8-6-18(3)7-9-19)26(30(27)4)20-10-12-21(28)13-11-20/h6-17,25-26H,1-5H3. The van der Waals surface area contributed by atoms with E-state index >= 15 is 0 Å². The first kappa shape index (κ1) is 22.2. The van der Waals surface area contributed by atoms with Crippen LogP contribution in [0.5, 0.6) is 11.5 Å². The normalized spacial score (nSPS) is 18.1. The lowest BCUT2D eigenvalue weighted by Crippen LogP contribution is -2.28. The second-order valence-corrected chi connectivity index (χ2v) is 8.88. The smallest absolute Gasteiger partial charge is 0.135 e. The number of benzene rings is 3. The molecule has 166 valence electrons. The highest BCUT2D eigenvalue weighted by Gasteiger charge is 2.37. The summed E-state index contributed by atoms with van der Waals surface area (Å²) in [4.78, 5) is 7.47. The summed E-state index contributed by atoms with van der Waals surface area (Å²) >= 11 is 6.18. The number of methoxy groups -OCH3 is 1. The minimum atomic E-state index is -0.0502. The summed E-state index contributed by atoms with van der Waals surface area (Å²) < 4.78 is 11.6. The summed E-state index contributed by atoms with van der Waals surface area (Å²) in [5.74, 6) is 2.42. The van der Waals surface area contributed by atoms with Crippen molar-refractivity contribution in [1.82, 2.24) is 4.90 Å². The average molecular weight is 449 g/mol. The maximum Gasteiger partial charge on any atom is 0.135 e. The van der Waals surface area contributed by atoms with Crippen LogP contribution in [0.2, 0.25) is 5.02 Å². The maximum absolute atomic E-state index is 6.18. The molecule has 0 aromatic heterocycles. The molecule has 3 aromatic carbocycles. The highest BCUT2D eigenvalue weighted by molar-refractivity contribution is 6.30. The van der Waals surface area contributed by atoms with E-state index in [2.05, 4.69) is 55.3 Å². The average Bonchev–Trinajstić information content (AvgIpc) is 3.11. The first-order valence-electron chi connectivity index (χ1n) is 10.8. The molecule has 4 nitrogen and oxygen atoms in total. The van der Waals surface area contributed by atoms with Gasteiger partial charge in [-0.15, -0.1) is 0 Å². The Kier molecular flexibility index (Phi) is 6.43. The summed E-state index contributed by atoms with van der Waals surface area (Å²) in [6.07, 6.45) is 0.0353. The zero-order valence-corrected chi connectivity index (χ0v) is 19.9. The number of nitrogens with zero attached hydrogens (tertiary/aromatic N) is 2. The minimum absolute atomic E-state index is 0.0353. The zero-order chi connectivity index (χ0) is 22.8. The van der Waals surface area contributed by atoms with E-state index < -0.39 is 0 Å². The molecule has 0 fully saturated rings. The van der Waals surface area contributed by atoms with Crippen LogP contribution in [0.15, 0.2) is 71.7 Å². The van der Waals surface area contributed by atoms with Crippen LogP contribution in [-0.2, 0) is 0 Å². The predicted molar refractivity (Wildman–Crippen MR) is 131 cm³/mol. The number of aryl methyl sites for hydroxylation is 1. The quantitative estimate of drug-likeness (QED) is 0.425. The largest absolute Gasteiger partial charge is 0.497 e. The molecule has 0 amide bonds. The summed E-state index contributed by atoms with van der Waals surface area (Å²) in [5.41, 5.74) is 4.53. The number of aliphatic imine (C=N–C) groups is 1. The van der Waals surface area contributed by atoms with Crippen molar-refractivity contribution in [2.24, 2.45) is 4.99 Å². The third-order valence-electron chi connectivity index (χ3n) is 5.73. The molecular weight excluding hydrogens is 420 g/mol. The topological polar surface area (TPSA) is 34.1 Å².